The maximum absolute atomic E-state index is 5.89. The molecule has 1 radical (unpaired) electrons. The van der Waals surface area contributed by atoms with Crippen LogP contribution in [0, 0.1) is 6.07 Å². The Labute approximate surface area is 69.6 Å². The normalized spacial score (nSPS) is 10.3. The van der Waals surface area contributed by atoms with Crippen LogP contribution in [0.15, 0.2) is 30.6 Å². The van der Waals surface area contributed by atoms with E-state index in [-0.39, 0.29) is 0 Å². The Kier molecular flexibility index (Phi) is 1.51. The molecule has 0 amide bonds. The standard InChI is InChI=1S/C9H5ClN/c10-9-3-1-2-7-4-5-11-6-8(7)9/h2-6H. The lowest BCUT2D eigenvalue weighted by Gasteiger charge is -1.96. The summed E-state index contributed by atoms with van der Waals surface area (Å²) in [6.07, 6.45) is 3.50. The van der Waals surface area contributed by atoms with Crippen molar-refractivity contribution in [3.63, 3.8) is 0 Å². The third kappa shape index (κ3) is 1.08. The molecule has 1 heterocycles. The van der Waals surface area contributed by atoms with Gasteiger partial charge in [-0.1, -0.05) is 11.6 Å². The van der Waals surface area contributed by atoms with Gasteiger partial charge in [-0.05, 0) is 29.7 Å². The summed E-state index contributed by atoms with van der Waals surface area (Å²) in [5, 5.41) is 2.76. The molecule has 0 aliphatic heterocycles. The minimum absolute atomic E-state index is 0.704. The van der Waals surface area contributed by atoms with E-state index in [1.807, 2.05) is 12.1 Å². The average Bonchev–Trinajstić information content (AvgIpc) is 2.06. The Bertz CT molecular complexity index is 379. The first kappa shape index (κ1) is 6.62. The number of rotatable bonds is 0. The molecule has 0 saturated heterocycles. The minimum Gasteiger partial charge on any atom is -0.264 e. The first-order chi connectivity index (χ1) is 5.38. The van der Waals surface area contributed by atoms with Crippen LogP contribution in [-0.4, -0.2) is 4.98 Å². The zero-order valence-electron chi connectivity index (χ0n) is 5.71. The zero-order chi connectivity index (χ0) is 7.68. The lowest BCUT2D eigenvalue weighted by Crippen LogP contribution is -1.75. The molecule has 0 unspecified atom stereocenters. The summed E-state index contributed by atoms with van der Waals surface area (Å²) >= 11 is 5.89. The summed E-state index contributed by atoms with van der Waals surface area (Å²) in [7, 11) is 0. The molecule has 2 rings (SSSR count). The molecule has 0 spiro atoms. The fraction of sp³-hybridized carbons (Fsp3) is 0. The number of fused-ring (bicyclic) bond motifs is 1. The number of hydrogen-bond donors (Lipinski definition) is 0. The second kappa shape index (κ2) is 2.51. The number of benzene rings is 1. The van der Waals surface area contributed by atoms with E-state index in [0.29, 0.717) is 5.02 Å². The van der Waals surface area contributed by atoms with Gasteiger partial charge in [-0.15, -0.1) is 0 Å². The first-order valence-electron chi connectivity index (χ1n) is 3.27. The van der Waals surface area contributed by atoms with Gasteiger partial charge in [-0.2, -0.15) is 0 Å². The van der Waals surface area contributed by atoms with Gasteiger partial charge in [0.05, 0.1) is 5.02 Å². The molecule has 0 saturated carbocycles. The summed E-state index contributed by atoms with van der Waals surface area (Å²) < 4.78 is 0. The molecule has 2 heteroatoms. The van der Waals surface area contributed by atoms with Gasteiger partial charge in [-0.25, -0.2) is 0 Å². The second-order valence-corrected chi connectivity index (χ2v) is 2.67. The van der Waals surface area contributed by atoms with Crippen LogP contribution in [0.4, 0.5) is 0 Å². The predicted octanol–water partition coefficient (Wildman–Crippen LogP) is 2.69. The van der Waals surface area contributed by atoms with Gasteiger partial charge in [-0.3, -0.25) is 4.98 Å². The smallest absolute Gasteiger partial charge is 0.0506 e. The van der Waals surface area contributed by atoms with Crippen molar-refractivity contribution in [1.82, 2.24) is 4.98 Å². The van der Waals surface area contributed by atoms with Gasteiger partial charge < -0.3 is 0 Å². The van der Waals surface area contributed by atoms with Crippen LogP contribution in [0.3, 0.4) is 0 Å². The van der Waals surface area contributed by atoms with Gasteiger partial charge >= 0.3 is 0 Å². The van der Waals surface area contributed by atoms with E-state index in [0.717, 1.165) is 10.8 Å². The van der Waals surface area contributed by atoms with Crippen LogP contribution in [-0.2, 0) is 0 Å². The SMILES string of the molecule is Clc1c[c]cc2ccncc12. The van der Waals surface area contributed by atoms with Crippen molar-refractivity contribution >= 4 is 22.4 Å². The van der Waals surface area contributed by atoms with Crippen molar-refractivity contribution in [2.75, 3.05) is 0 Å². The summed E-state index contributed by atoms with van der Waals surface area (Å²) in [6, 6.07) is 8.49. The molecule has 0 atom stereocenters. The molecule has 1 nitrogen and oxygen atoms in total. The summed E-state index contributed by atoms with van der Waals surface area (Å²) in [6.45, 7) is 0. The Hall–Kier alpha value is -1.08. The molecule has 1 aromatic heterocycles. The lowest BCUT2D eigenvalue weighted by atomic mass is 10.2. The van der Waals surface area contributed by atoms with Crippen LogP contribution in [0.2, 0.25) is 5.02 Å². The lowest BCUT2D eigenvalue weighted by molar-refractivity contribution is 1.36. The predicted molar refractivity (Wildman–Crippen MR) is 45.6 cm³/mol. The number of pyridine rings is 1. The maximum atomic E-state index is 5.89. The van der Waals surface area contributed by atoms with Crippen LogP contribution in [0.1, 0.15) is 0 Å². The molecule has 1 aromatic carbocycles. The van der Waals surface area contributed by atoms with Crippen molar-refractivity contribution in [1.29, 1.82) is 0 Å². The van der Waals surface area contributed by atoms with E-state index in [1.54, 1.807) is 18.5 Å². The summed E-state index contributed by atoms with van der Waals surface area (Å²) in [5.74, 6) is 0. The highest BCUT2D eigenvalue weighted by Gasteiger charge is 1.95. The molecule has 0 bridgehead atoms. The van der Waals surface area contributed by atoms with Crippen molar-refractivity contribution in [2.45, 2.75) is 0 Å². The van der Waals surface area contributed by atoms with E-state index in [9.17, 15) is 0 Å². The fourth-order valence-corrected chi connectivity index (χ4v) is 1.23. The quantitative estimate of drug-likeness (QED) is 0.581. The molecule has 0 aliphatic carbocycles. The number of nitrogens with zero attached hydrogens (tertiary/aromatic N) is 1. The molecule has 53 valence electrons. The molecular weight excluding hydrogens is 158 g/mol. The van der Waals surface area contributed by atoms with Crippen LogP contribution >= 0.6 is 11.6 Å². The van der Waals surface area contributed by atoms with Crippen LogP contribution < -0.4 is 0 Å². The second-order valence-electron chi connectivity index (χ2n) is 2.27. The highest BCUT2D eigenvalue weighted by Crippen LogP contribution is 2.20. The van der Waals surface area contributed by atoms with E-state index in [1.165, 1.54) is 0 Å². The van der Waals surface area contributed by atoms with Crippen molar-refractivity contribution < 1.29 is 0 Å². The molecule has 0 N–H and O–H groups in total. The van der Waals surface area contributed by atoms with Gasteiger partial charge in [0.2, 0.25) is 0 Å². The minimum atomic E-state index is 0.704. The molecule has 0 fully saturated rings. The summed E-state index contributed by atoms with van der Waals surface area (Å²) in [5.41, 5.74) is 0. The van der Waals surface area contributed by atoms with Crippen LogP contribution in [0.5, 0.6) is 0 Å². The van der Waals surface area contributed by atoms with E-state index in [2.05, 4.69) is 11.1 Å². The maximum Gasteiger partial charge on any atom is 0.0506 e. The monoisotopic (exact) mass is 162 g/mol. The Morgan fingerprint density at radius 1 is 1.36 bits per heavy atom. The molecular formula is C9H5ClN. The third-order valence-electron chi connectivity index (χ3n) is 1.56. The fourth-order valence-electron chi connectivity index (χ4n) is 1.01. The first-order valence-corrected chi connectivity index (χ1v) is 3.65. The summed E-state index contributed by atoms with van der Waals surface area (Å²) in [4.78, 5) is 3.98. The van der Waals surface area contributed by atoms with Crippen molar-refractivity contribution in [3.8, 4) is 0 Å². The highest BCUT2D eigenvalue weighted by molar-refractivity contribution is 6.35. The largest absolute Gasteiger partial charge is 0.264 e. The number of aromatic nitrogens is 1. The van der Waals surface area contributed by atoms with Gasteiger partial charge in [0, 0.05) is 17.8 Å². The van der Waals surface area contributed by atoms with Gasteiger partial charge in [0.25, 0.3) is 0 Å². The molecule has 11 heavy (non-hydrogen) atoms. The van der Waals surface area contributed by atoms with E-state index < -0.39 is 0 Å². The van der Waals surface area contributed by atoms with E-state index >= 15 is 0 Å². The van der Waals surface area contributed by atoms with E-state index in [4.69, 9.17) is 11.6 Å². The van der Waals surface area contributed by atoms with Gasteiger partial charge in [0.1, 0.15) is 0 Å². The highest BCUT2D eigenvalue weighted by atomic mass is 35.5. The topological polar surface area (TPSA) is 12.9 Å². The Morgan fingerprint density at radius 2 is 2.27 bits per heavy atom. The van der Waals surface area contributed by atoms with Crippen molar-refractivity contribution in [3.05, 3.63) is 41.7 Å². The van der Waals surface area contributed by atoms with Gasteiger partial charge in [0.15, 0.2) is 0 Å². The molecule has 2 aromatic rings. The Balaban J connectivity index is 2.91. The van der Waals surface area contributed by atoms with Crippen LogP contribution in [0.25, 0.3) is 10.8 Å². The zero-order valence-corrected chi connectivity index (χ0v) is 6.47. The third-order valence-corrected chi connectivity index (χ3v) is 1.87. The molecule has 0 aliphatic rings. The average molecular weight is 163 g/mol. The number of hydrogen-bond acceptors (Lipinski definition) is 1. The van der Waals surface area contributed by atoms with Crippen molar-refractivity contribution in [2.24, 2.45) is 0 Å². The Morgan fingerprint density at radius 3 is 3.09 bits per heavy atom. The number of halogens is 1.